The molecule has 2 aromatic carbocycles. The Labute approximate surface area is 181 Å². The van der Waals surface area contributed by atoms with Crippen molar-refractivity contribution in [2.24, 2.45) is 0 Å². The number of imide groups is 1. The summed E-state index contributed by atoms with van der Waals surface area (Å²) in [6.45, 7) is 2.80. The van der Waals surface area contributed by atoms with Crippen LogP contribution in [0.25, 0.3) is 10.2 Å². The first-order valence-corrected chi connectivity index (χ1v) is 10.9. The van der Waals surface area contributed by atoms with Gasteiger partial charge in [0.15, 0.2) is 5.13 Å². The van der Waals surface area contributed by atoms with E-state index in [0.717, 1.165) is 33.3 Å². The van der Waals surface area contributed by atoms with E-state index in [1.165, 1.54) is 18.2 Å². The van der Waals surface area contributed by atoms with Crippen molar-refractivity contribution < 1.29 is 14.0 Å². The Balaban J connectivity index is 1.28. The molecular formula is C21H18ClFN4O2S. The Morgan fingerprint density at radius 2 is 1.83 bits per heavy atom. The van der Waals surface area contributed by atoms with E-state index in [9.17, 15) is 14.0 Å². The normalized spacial score (nSPS) is 20.5. The van der Waals surface area contributed by atoms with Gasteiger partial charge in [0.2, 0.25) is 5.91 Å². The number of piperazine rings is 1. The number of aromatic nitrogens is 1. The number of halogens is 2. The van der Waals surface area contributed by atoms with E-state index in [1.807, 2.05) is 18.2 Å². The van der Waals surface area contributed by atoms with Crippen LogP contribution in [0.4, 0.5) is 15.2 Å². The van der Waals surface area contributed by atoms with E-state index in [0.29, 0.717) is 18.8 Å². The molecule has 0 saturated carbocycles. The standard InChI is InChI=1S/C21H18ClFN4O2S/c22-14-11-13(5-6-15(14)23)27-19(28)12-17(20(27)29)25-7-9-26(10-8-25)21-24-16-3-1-2-4-18(16)30-21/h1-6,11,17H,7-10,12H2. The van der Waals surface area contributed by atoms with Gasteiger partial charge in [-0.1, -0.05) is 35.1 Å². The topological polar surface area (TPSA) is 56.8 Å². The number of amides is 2. The molecule has 3 heterocycles. The molecule has 2 amide bonds. The molecule has 2 fully saturated rings. The minimum absolute atomic E-state index is 0.110. The molecule has 1 atom stereocenters. The third kappa shape index (κ3) is 3.34. The van der Waals surface area contributed by atoms with E-state index in [1.54, 1.807) is 11.3 Å². The van der Waals surface area contributed by atoms with Crippen molar-refractivity contribution in [3.05, 3.63) is 53.3 Å². The van der Waals surface area contributed by atoms with Crippen molar-refractivity contribution in [1.82, 2.24) is 9.88 Å². The third-order valence-electron chi connectivity index (χ3n) is 5.59. The highest BCUT2D eigenvalue weighted by Crippen LogP contribution is 2.32. The third-order valence-corrected chi connectivity index (χ3v) is 6.98. The maximum absolute atomic E-state index is 13.5. The van der Waals surface area contributed by atoms with Gasteiger partial charge in [-0.05, 0) is 30.3 Å². The molecule has 0 N–H and O–H groups in total. The molecule has 0 bridgehead atoms. The highest BCUT2D eigenvalue weighted by Gasteiger charge is 2.43. The minimum Gasteiger partial charge on any atom is -0.345 e. The van der Waals surface area contributed by atoms with Crippen molar-refractivity contribution in [2.45, 2.75) is 12.5 Å². The number of para-hydroxylation sites is 1. The van der Waals surface area contributed by atoms with E-state index in [2.05, 4.69) is 15.9 Å². The van der Waals surface area contributed by atoms with Gasteiger partial charge in [-0.25, -0.2) is 14.3 Å². The average Bonchev–Trinajstić information content (AvgIpc) is 3.31. The lowest BCUT2D eigenvalue weighted by atomic mass is 10.2. The van der Waals surface area contributed by atoms with Gasteiger partial charge in [-0.15, -0.1) is 0 Å². The largest absolute Gasteiger partial charge is 0.345 e. The summed E-state index contributed by atoms with van der Waals surface area (Å²) in [5.41, 5.74) is 1.30. The molecule has 0 radical (unpaired) electrons. The zero-order valence-corrected chi connectivity index (χ0v) is 17.5. The van der Waals surface area contributed by atoms with Crippen molar-refractivity contribution >= 4 is 55.8 Å². The Bertz CT molecular complexity index is 1110. The number of thiazole rings is 1. The second-order valence-electron chi connectivity index (χ2n) is 7.37. The minimum atomic E-state index is -0.581. The number of benzene rings is 2. The monoisotopic (exact) mass is 444 g/mol. The zero-order chi connectivity index (χ0) is 20.8. The maximum Gasteiger partial charge on any atom is 0.251 e. The highest BCUT2D eigenvalue weighted by atomic mass is 35.5. The van der Waals surface area contributed by atoms with Gasteiger partial charge in [-0.3, -0.25) is 14.5 Å². The van der Waals surface area contributed by atoms with Gasteiger partial charge >= 0.3 is 0 Å². The first-order chi connectivity index (χ1) is 14.5. The van der Waals surface area contributed by atoms with Crippen LogP contribution >= 0.6 is 22.9 Å². The lowest BCUT2D eigenvalue weighted by Gasteiger charge is -2.36. The second-order valence-corrected chi connectivity index (χ2v) is 8.79. The molecule has 0 aliphatic carbocycles. The van der Waals surface area contributed by atoms with Crippen LogP contribution in [-0.4, -0.2) is 53.9 Å². The molecule has 9 heteroatoms. The summed E-state index contributed by atoms with van der Waals surface area (Å²) in [4.78, 5) is 35.6. The van der Waals surface area contributed by atoms with E-state index < -0.39 is 11.9 Å². The predicted octanol–water partition coefficient (Wildman–Crippen LogP) is 3.54. The summed E-state index contributed by atoms with van der Waals surface area (Å²) in [5.74, 6) is -1.15. The summed E-state index contributed by atoms with van der Waals surface area (Å²) in [6, 6.07) is 11.4. The van der Waals surface area contributed by atoms with Crippen LogP contribution in [0.1, 0.15) is 6.42 Å². The van der Waals surface area contributed by atoms with Gasteiger partial charge < -0.3 is 4.90 Å². The number of hydrogen-bond donors (Lipinski definition) is 0. The summed E-state index contributed by atoms with van der Waals surface area (Å²) in [6.07, 6.45) is 0.120. The van der Waals surface area contributed by atoms with Crippen molar-refractivity contribution in [3.8, 4) is 0 Å². The predicted molar refractivity (Wildman–Crippen MR) is 116 cm³/mol. The quantitative estimate of drug-likeness (QED) is 0.578. The zero-order valence-electron chi connectivity index (χ0n) is 15.9. The molecular weight excluding hydrogens is 427 g/mol. The Kier molecular flexibility index (Phi) is 4.92. The second kappa shape index (κ2) is 7.61. The first kappa shape index (κ1) is 19.4. The van der Waals surface area contributed by atoms with E-state index >= 15 is 0 Å². The van der Waals surface area contributed by atoms with Gasteiger partial charge in [0.25, 0.3) is 5.91 Å². The number of anilines is 2. The van der Waals surface area contributed by atoms with Crippen LogP contribution in [-0.2, 0) is 9.59 Å². The number of carbonyl (C=O) groups is 2. The molecule has 154 valence electrons. The molecule has 2 aliphatic rings. The van der Waals surface area contributed by atoms with Gasteiger partial charge in [0.1, 0.15) is 5.82 Å². The Hall–Kier alpha value is -2.55. The molecule has 2 aliphatic heterocycles. The summed E-state index contributed by atoms with van der Waals surface area (Å²) in [5, 5.41) is 0.869. The van der Waals surface area contributed by atoms with Crippen molar-refractivity contribution in [2.75, 3.05) is 36.0 Å². The van der Waals surface area contributed by atoms with Crippen LogP contribution in [0, 0.1) is 5.82 Å². The number of fused-ring (bicyclic) bond motifs is 1. The van der Waals surface area contributed by atoms with Gasteiger partial charge in [0.05, 0.1) is 33.4 Å². The molecule has 3 aromatic rings. The van der Waals surface area contributed by atoms with Gasteiger partial charge in [0, 0.05) is 26.2 Å². The van der Waals surface area contributed by atoms with Gasteiger partial charge in [-0.2, -0.15) is 0 Å². The smallest absolute Gasteiger partial charge is 0.251 e. The van der Waals surface area contributed by atoms with Crippen LogP contribution in [0.5, 0.6) is 0 Å². The number of carbonyl (C=O) groups excluding carboxylic acids is 2. The number of rotatable bonds is 3. The molecule has 30 heavy (non-hydrogen) atoms. The molecule has 2 saturated heterocycles. The van der Waals surface area contributed by atoms with E-state index in [-0.39, 0.29) is 23.3 Å². The Morgan fingerprint density at radius 1 is 1.07 bits per heavy atom. The number of hydrogen-bond acceptors (Lipinski definition) is 6. The van der Waals surface area contributed by atoms with Crippen LogP contribution in [0.2, 0.25) is 5.02 Å². The van der Waals surface area contributed by atoms with Crippen LogP contribution in [0.3, 0.4) is 0 Å². The molecule has 5 rings (SSSR count). The van der Waals surface area contributed by atoms with Crippen molar-refractivity contribution in [1.29, 1.82) is 0 Å². The Morgan fingerprint density at radius 3 is 2.57 bits per heavy atom. The molecule has 0 spiro atoms. The SMILES string of the molecule is O=C1CC(N2CCN(c3nc4ccccc4s3)CC2)C(=O)N1c1ccc(F)c(Cl)c1. The molecule has 1 aromatic heterocycles. The summed E-state index contributed by atoms with van der Waals surface area (Å²) < 4.78 is 14.6. The molecule has 1 unspecified atom stereocenters. The summed E-state index contributed by atoms with van der Waals surface area (Å²) >= 11 is 7.49. The number of nitrogens with zero attached hydrogens (tertiary/aromatic N) is 4. The fourth-order valence-electron chi connectivity index (χ4n) is 4.02. The fourth-order valence-corrected chi connectivity index (χ4v) is 5.21. The first-order valence-electron chi connectivity index (χ1n) is 9.68. The average molecular weight is 445 g/mol. The fraction of sp³-hybridized carbons (Fsp3) is 0.286. The highest BCUT2D eigenvalue weighted by molar-refractivity contribution is 7.22. The maximum atomic E-state index is 13.5. The summed E-state index contributed by atoms with van der Waals surface area (Å²) in [7, 11) is 0. The molecule has 6 nitrogen and oxygen atoms in total. The van der Waals surface area contributed by atoms with Crippen LogP contribution in [0.15, 0.2) is 42.5 Å². The lowest BCUT2D eigenvalue weighted by molar-refractivity contribution is -0.123. The van der Waals surface area contributed by atoms with Crippen LogP contribution < -0.4 is 9.80 Å². The lowest BCUT2D eigenvalue weighted by Crippen LogP contribution is -2.52. The van der Waals surface area contributed by atoms with E-state index in [4.69, 9.17) is 16.6 Å². The van der Waals surface area contributed by atoms with Crippen molar-refractivity contribution in [3.63, 3.8) is 0 Å².